The summed E-state index contributed by atoms with van der Waals surface area (Å²) in [4.78, 5) is 17.1. The highest BCUT2D eigenvalue weighted by molar-refractivity contribution is 7.71. The van der Waals surface area contributed by atoms with E-state index in [-0.39, 0.29) is 0 Å². The number of carbonyl (C=O) groups excluding carboxylic acids is 1. The van der Waals surface area contributed by atoms with Crippen LogP contribution in [-0.2, 0) is 4.79 Å². The van der Waals surface area contributed by atoms with Crippen molar-refractivity contribution in [3.8, 4) is 11.3 Å². The highest BCUT2D eigenvalue weighted by atomic mass is 32.1. The number of rotatable bonds is 3. The molecule has 4 nitrogen and oxygen atoms in total. The average molecular weight is 231 g/mol. The first-order valence-corrected chi connectivity index (χ1v) is 5.06. The van der Waals surface area contributed by atoms with Crippen molar-refractivity contribution in [3.05, 3.63) is 41.3 Å². The molecule has 16 heavy (non-hydrogen) atoms. The van der Waals surface area contributed by atoms with Crippen LogP contribution in [0.25, 0.3) is 11.3 Å². The number of H-pyrrole nitrogens is 1. The molecule has 0 saturated heterocycles. The summed E-state index contributed by atoms with van der Waals surface area (Å²) >= 11 is 4.94. The minimum absolute atomic E-state index is 0.451. The number of benzene rings is 1. The third kappa shape index (κ3) is 2.32. The van der Waals surface area contributed by atoms with Crippen LogP contribution < -0.4 is 5.32 Å². The number of anilines is 1. The molecule has 0 unspecified atom stereocenters. The van der Waals surface area contributed by atoms with E-state index in [0.29, 0.717) is 11.2 Å². The molecule has 1 heterocycles. The van der Waals surface area contributed by atoms with Crippen molar-refractivity contribution in [1.82, 2.24) is 9.97 Å². The fourth-order valence-electron chi connectivity index (χ4n) is 1.35. The van der Waals surface area contributed by atoms with Gasteiger partial charge in [-0.1, -0.05) is 12.1 Å². The summed E-state index contributed by atoms with van der Waals surface area (Å²) in [5.41, 5.74) is 2.65. The Morgan fingerprint density at radius 1 is 1.25 bits per heavy atom. The van der Waals surface area contributed by atoms with E-state index >= 15 is 0 Å². The van der Waals surface area contributed by atoms with Gasteiger partial charge in [0.1, 0.15) is 0 Å². The van der Waals surface area contributed by atoms with Crippen LogP contribution in [0.2, 0.25) is 0 Å². The van der Waals surface area contributed by atoms with Crippen LogP contribution in [0.15, 0.2) is 36.5 Å². The van der Waals surface area contributed by atoms with Crippen LogP contribution in [0.4, 0.5) is 5.69 Å². The molecule has 0 atom stereocenters. The molecular weight excluding hydrogens is 222 g/mol. The minimum atomic E-state index is 0.451. The molecule has 0 bridgehead atoms. The molecule has 0 spiro atoms. The lowest BCUT2D eigenvalue weighted by atomic mass is 10.1. The van der Waals surface area contributed by atoms with E-state index in [1.165, 1.54) is 0 Å². The van der Waals surface area contributed by atoms with Gasteiger partial charge in [0.25, 0.3) is 0 Å². The van der Waals surface area contributed by atoms with Crippen LogP contribution in [-0.4, -0.2) is 16.4 Å². The van der Waals surface area contributed by atoms with E-state index in [4.69, 9.17) is 12.2 Å². The Balaban J connectivity index is 2.34. The van der Waals surface area contributed by atoms with Gasteiger partial charge in [-0.05, 0) is 36.0 Å². The van der Waals surface area contributed by atoms with Crippen molar-refractivity contribution in [2.24, 2.45) is 0 Å². The maximum atomic E-state index is 10.2. The topological polar surface area (TPSA) is 57.8 Å². The Hall–Kier alpha value is -2.01. The maximum absolute atomic E-state index is 10.2. The number of amides is 1. The summed E-state index contributed by atoms with van der Waals surface area (Å²) in [5, 5.41) is 2.57. The lowest BCUT2D eigenvalue weighted by Crippen LogP contribution is -1.93. The predicted molar refractivity (Wildman–Crippen MR) is 64.5 cm³/mol. The van der Waals surface area contributed by atoms with E-state index in [0.717, 1.165) is 16.9 Å². The van der Waals surface area contributed by atoms with E-state index in [1.54, 1.807) is 6.20 Å². The quantitative estimate of drug-likeness (QED) is 0.630. The van der Waals surface area contributed by atoms with Gasteiger partial charge in [-0.25, -0.2) is 4.98 Å². The predicted octanol–water partition coefficient (Wildman–Crippen LogP) is 2.37. The first-order valence-electron chi connectivity index (χ1n) is 4.65. The van der Waals surface area contributed by atoms with E-state index in [1.807, 2.05) is 30.3 Å². The fourth-order valence-corrected chi connectivity index (χ4v) is 1.52. The Bertz CT molecular complexity index is 548. The maximum Gasteiger partial charge on any atom is 0.211 e. The van der Waals surface area contributed by atoms with E-state index < -0.39 is 0 Å². The van der Waals surface area contributed by atoms with Gasteiger partial charge in [-0.15, -0.1) is 0 Å². The second-order valence-corrected chi connectivity index (χ2v) is 3.51. The largest absolute Gasteiger partial charge is 0.330 e. The summed E-state index contributed by atoms with van der Waals surface area (Å²) in [6.07, 6.45) is 2.31. The zero-order valence-electron chi connectivity index (χ0n) is 8.31. The Morgan fingerprint density at radius 3 is 2.62 bits per heavy atom. The zero-order valence-corrected chi connectivity index (χ0v) is 9.12. The van der Waals surface area contributed by atoms with Crippen LogP contribution in [0.3, 0.4) is 0 Å². The first kappa shape index (κ1) is 10.5. The summed E-state index contributed by atoms with van der Waals surface area (Å²) in [5.74, 6) is 0. The Kier molecular flexibility index (Phi) is 3.07. The molecule has 5 heteroatoms. The van der Waals surface area contributed by atoms with Gasteiger partial charge >= 0.3 is 0 Å². The van der Waals surface area contributed by atoms with Crippen molar-refractivity contribution in [2.75, 3.05) is 5.32 Å². The van der Waals surface area contributed by atoms with Crippen molar-refractivity contribution in [3.63, 3.8) is 0 Å². The molecule has 0 fully saturated rings. The van der Waals surface area contributed by atoms with Gasteiger partial charge in [-0.2, -0.15) is 0 Å². The standard InChI is InChI=1S/C11H9N3OS/c15-7-13-9-3-1-8(2-4-9)10-5-6-12-11(16)14-10/h1-7H,(H,13,15)(H,12,14,16). The van der Waals surface area contributed by atoms with Crippen molar-refractivity contribution >= 4 is 24.3 Å². The molecule has 0 aliphatic rings. The van der Waals surface area contributed by atoms with Crippen LogP contribution in [0.1, 0.15) is 0 Å². The van der Waals surface area contributed by atoms with Gasteiger partial charge in [0, 0.05) is 17.6 Å². The molecule has 2 rings (SSSR count). The zero-order chi connectivity index (χ0) is 11.4. The van der Waals surface area contributed by atoms with Crippen LogP contribution in [0, 0.1) is 4.77 Å². The molecule has 0 aliphatic carbocycles. The van der Waals surface area contributed by atoms with Gasteiger partial charge in [0.05, 0.1) is 0 Å². The smallest absolute Gasteiger partial charge is 0.211 e. The molecule has 1 amide bonds. The molecule has 1 aromatic heterocycles. The van der Waals surface area contributed by atoms with Crippen molar-refractivity contribution in [1.29, 1.82) is 0 Å². The molecule has 0 radical (unpaired) electrons. The third-order valence-electron chi connectivity index (χ3n) is 2.10. The molecule has 1 aromatic carbocycles. The van der Waals surface area contributed by atoms with Gasteiger partial charge in [0.15, 0.2) is 4.77 Å². The second-order valence-electron chi connectivity index (χ2n) is 3.13. The van der Waals surface area contributed by atoms with Crippen LogP contribution >= 0.6 is 12.2 Å². The number of carbonyl (C=O) groups is 1. The summed E-state index contributed by atoms with van der Waals surface area (Å²) in [6, 6.07) is 9.28. The summed E-state index contributed by atoms with van der Waals surface area (Å²) in [6.45, 7) is 0. The number of nitrogens with zero attached hydrogens (tertiary/aromatic N) is 1. The van der Waals surface area contributed by atoms with Crippen LogP contribution in [0.5, 0.6) is 0 Å². The highest BCUT2D eigenvalue weighted by Crippen LogP contribution is 2.18. The molecule has 2 aromatic rings. The minimum Gasteiger partial charge on any atom is -0.330 e. The Labute approximate surface area is 97.4 Å². The lowest BCUT2D eigenvalue weighted by molar-refractivity contribution is -0.105. The number of nitrogens with one attached hydrogen (secondary N) is 2. The van der Waals surface area contributed by atoms with E-state index in [9.17, 15) is 4.79 Å². The normalized spacial score (nSPS) is 9.75. The third-order valence-corrected chi connectivity index (χ3v) is 2.30. The number of aromatic nitrogens is 2. The van der Waals surface area contributed by atoms with Crippen molar-refractivity contribution in [2.45, 2.75) is 0 Å². The molecule has 80 valence electrons. The monoisotopic (exact) mass is 231 g/mol. The second kappa shape index (κ2) is 4.67. The van der Waals surface area contributed by atoms with Crippen molar-refractivity contribution < 1.29 is 4.79 Å². The highest BCUT2D eigenvalue weighted by Gasteiger charge is 1.97. The van der Waals surface area contributed by atoms with Gasteiger partial charge in [-0.3, -0.25) is 4.79 Å². The first-order chi connectivity index (χ1) is 7.79. The fraction of sp³-hybridized carbons (Fsp3) is 0. The van der Waals surface area contributed by atoms with Gasteiger partial charge in [0.2, 0.25) is 6.41 Å². The molecule has 2 N–H and O–H groups in total. The van der Waals surface area contributed by atoms with E-state index in [2.05, 4.69) is 15.3 Å². The average Bonchev–Trinajstić information content (AvgIpc) is 2.30. The molecular formula is C11H9N3OS. The molecule has 0 saturated carbocycles. The SMILES string of the molecule is O=CNc1ccc(-c2ccnc(=S)[nH]2)cc1. The summed E-state index contributed by atoms with van der Waals surface area (Å²) in [7, 11) is 0. The Morgan fingerprint density at radius 2 is 2.00 bits per heavy atom. The lowest BCUT2D eigenvalue weighted by Gasteiger charge is -2.03. The number of hydrogen-bond donors (Lipinski definition) is 2. The number of hydrogen-bond acceptors (Lipinski definition) is 3. The summed E-state index contributed by atoms with van der Waals surface area (Å²) < 4.78 is 0.451. The number of aromatic amines is 1. The molecule has 0 aliphatic heterocycles. The van der Waals surface area contributed by atoms with Gasteiger partial charge < -0.3 is 10.3 Å².